The van der Waals surface area contributed by atoms with Crippen molar-refractivity contribution in [2.24, 2.45) is 0 Å². The number of alkyl halides is 3. The van der Waals surface area contributed by atoms with Gasteiger partial charge in [-0.1, -0.05) is 19.1 Å². The molecule has 1 aliphatic rings. The Morgan fingerprint density at radius 1 is 1.10 bits per heavy atom. The first-order valence-electron chi connectivity index (χ1n) is 9.37. The number of anilines is 1. The summed E-state index contributed by atoms with van der Waals surface area (Å²) in [5, 5.41) is 0. The molecule has 1 aliphatic heterocycles. The number of benzene rings is 2. The molecule has 29 heavy (non-hydrogen) atoms. The van der Waals surface area contributed by atoms with Gasteiger partial charge in [0.25, 0.3) is 10.0 Å². The van der Waals surface area contributed by atoms with E-state index >= 15 is 0 Å². The lowest BCUT2D eigenvalue weighted by Crippen LogP contribution is -2.20. The summed E-state index contributed by atoms with van der Waals surface area (Å²) >= 11 is -0.278. The molecule has 9 heteroatoms. The van der Waals surface area contributed by atoms with Gasteiger partial charge in [-0.15, -0.1) is 0 Å². The Morgan fingerprint density at radius 2 is 1.76 bits per heavy atom. The predicted octanol–water partition coefficient (Wildman–Crippen LogP) is 5.30. The zero-order valence-electron chi connectivity index (χ0n) is 15.9. The SMILES string of the molecule is CCCN1CC[C@@H](c2ccc(NS(=O)(=O)c3ccc(SC(F)(F)F)cc3)cc2)C1. The maximum atomic E-state index is 12.5. The maximum Gasteiger partial charge on any atom is 0.446 e. The van der Waals surface area contributed by atoms with Gasteiger partial charge in [-0.3, -0.25) is 4.72 Å². The third-order valence-corrected chi connectivity index (χ3v) is 6.95. The van der Waals surface area contributed by atoms with Crippen molar-refractivity contribution in [1.82, 2.24) is 4.90 Å². The molecule has 0 aromatic heterocycles. The first-order valence-corrected chi connectivity index (χ1v) is 11.7. The lowest BCUT2D eigenvalue weighted by Gasteiger charge is -2.15. The average molecular weight is 445 g/mol. The number of nitrogens with one attached hydrogen (secondary N) is 1. The van der Waals surface area contributed by atoms with Gasteiger partial charge in [-0.05, 0) is 85.6 Å². The first-order chi connectivity index (χ1) is 13.7. The van der Waals surface area contributed by atoms with E-state index in [-0.39, 0.29) is 21.6 Å². The second-order valence-electron chi connectivity index (χ2n) is 7.03. The van der Waals surface area contributed by atoms with Gasteiger partial charge in [-0.25, -0.2) is 8.42 Å². The third kappa shape index (κ3) is 6.13. The molecule has 1 fully saturated rings. The number of hydrogen-bond acceptors (Lipinski definition) is 4. The highest BCUT2D eigenvalue weighted by atomic mass is 32.2. The second-order valence-corrected chi connectivity index (χ2v) is 9.85. The molecule has 1 N–H and O–H groups in total. The lowest BCUT2D eigenvalue weighted by molar-refractivity contribution is -0.0328. The molecule has 0 amide bonds. The summed E-state index contributed by atoms with van der Waals surface area (Å²) in [6, 6.07) is 12.0. The number of sulfonamides is 1. The van der Waals surface area contributed by atoms with E-state index in [9.17, 15) is 21.6 Å². The first kappa shape index (κ1) is 22.0. The molecule has 0 unspecified atom stereocenters. The van der Waals surface area contributed by atoms with Gasteiger partial charge in [0.05, 0.1) is 4.90 Å². The Hall–Kier alpha value is -1.71. The fourth-order valence-electron chi connectivity index (χ4n) is 3.48. The van der Waals surface area contributed by atoms with E-state index in [2.05, 4.69) is 16.5 Å². The van der Waals surface area contributed by atoms with E-state index in [1.54, 1.807) is 12.1 Å². The quantitative estimate of drug-likeness (QED) is 0.589. The van der Waals surface area contributed by atoms with Crippen molar-refractivity contribution in [2.75, 3.05) is 24.4 Å². The molecule has 2 aromatic rings. The fourth-order valence-corrected chi connectivity index (χ4v) is 5.08. The third-order valence-electron chi connectivity index (χ3n) is 4.81. The number of thioether (sulfide) groups is 1. The number of nitrogens with zero attached hydrogens (tertiary/aromatic N) is 1. The van der Waals surface area contributed by atoms with E-state index in [0.29, 0.717) is 11.6 Å². The second kappa shape index (κ2) is 8.97. The van der Waals surface area contributed by atoms with E-state index < -0.39 is 15.5 Å². The number of likely N-dealkylation sites (tertiary alicyclic amines) is 1. The Balaban J connectivity index is 1.64. The van der Waals surface area contributed by atoms with Gasteiger partial charge >= 0.3 is 5.51 Å². The minimum absolute atomic E-state index is 0.0607. The zero-order valence-corrected chi connectivity index (χ0v) is 17.6. The van der Waals surface area contributed by atoms with Crippen LogP contribution in [-0.2, 0) is 10.0 Å². The van der Waals surface area contributed by atoms with Crippen LogP contribution < -0.4 is 4.72 Å². The molecule has 1 heterocycles. The predicted molar refractivity (Wildman–Crippen MR) is 110 cm³/mol. The average Bonchev–Trinajstić information content (AvgIpc) is 3.10. The van der Waals surface area contributed by atoms with Crippen molar-refractivity contribution in [2.45, 2.75) is 41.0 Å². The number of halogens is 3. The molecule has 0 saturated carbocycles. The lowest BCUT2D eigenvalue weighted by atomic mass is 9.98. The summed E-state index contributed by atoms with van der Waals surface area (Å²) < 4.78 is 64.7. The summed E-state index contributed by atoms with van der Waals surface area (Å²) in [6.45, 7) is 5.35. The Bertz CT molecular complexity index is 914. The summed E-state index contributed by atoms with van der Waals surface area (Å²) in [7, 11) is -3.87. The molecule has 0 spiro atoms. The molecular formula is C20H23F3N2O2S2. The van der Waals surface area contributed by atoms with Crippen LogP contribution in [0.3, 0.4) is 0 Å². The standard InChI is InChI=1S/C20H23F3N2O2S2/c1-2-12-25-13-11-16(14-25)15-3-5-17(6-4-15)24-29(26,27)19-9-7-18(8-10-19)28-20(21,22)23/h3-10,16,24H,2,11-14H2,1H3/t16-/m1/s1. The normalized spacial score (nSPS) is 18.1. The summed E-state index contributed by atoms with van der Waals surface area (Å²) in [6.07, 6.45) is 2.22. The smallest absolute Gasteiger partial charge is 0.303 e. The maximum absolute atomic E-state index is 12.5. The number of rotatable bonds is 7. The molecule has 1 saturated heterocycles. The van der Waals surface area contributed by atoms with E-state index in [1.165, 1.54) is 17.7 Å². The molecule has 3 rings (SSSR count). The molecule has 2 aromatic carbocycles. The van der Waals surface area contributed by atoms with Gasteiger partial charge in [0, 0.05) is 17.1 Å². The van der Waals surface area contributed by atoms with Crippen molar-refractivity contribution in [3.8, 4) is 0 Å². The van der Waals surface area contributed by atoms with Crippen LogP contribution in [0.5, 0.6) is 0 Å². The van der Waals surface area contributed by atoms with Gasteiger partial charge < -0.3 is 4.90 Å². The minimum atomic E-state index is -4.41. The van der Waals surface area contributed by atoms with E-state index in [1.807, 2.05) is 12.1 Å². The highest BCUT2D eigenvalue weighted by Crippen LogP contribution is 2.37. The molecule has 0 bridgehead atoms. The molecular weight excluding hydrogens is 421 g/mol. The van der Waals surface area contributed by atoms with Crippen LogP contribution in [-0.4, -0.2) is 38.5 Å². The van der Waals surface area contributed by atoms with Crippen molar-refractivity contribution < 1.29 is 21.6 Å². The van der Waals surface area contributed by atoms with Crippen LogP contribution in [0.15, 0.2) is 58.3 Å². The topological polar surface area (TPSA) is 49.4 Å². The van der Waals surface area contributed by atoms with E-state index in [0.717, 1.165) is 44.6 Å². The van der Waals surface area contributed by atoms with Gasteiger partial charge in [0.2, 0.25) is 0 Å². The molecule has 158 valence electrons. The van der Waals surface area contributed by atoms with Crippen molar-refractivity contribution in [3.63, 3.8) is 0 Å². The molecule has 0 aliphatic carbocycles. The van der Waals surface area contributed by atoms with Gasteiger partial charge in [-0.2, -0.15) is 13.2 Å². The van der Waals surface area contributed by atoms with Gasteiger partial charge in [0.1, 0.15) is 0 Å². The Kier molecular flexibility index (Phi) is 6.80. The Morgan fingerprint density at radius 3 is 2.34 bits per heavy atom. The fraction of sp³-hybridized carbons (Fsp3) is 0.400. The highest BCUT2D eigenvalue weighted by molar-refractivity contribution is 8.00. The van der Waals surface area contributed by atoms with Crippen LogP contribution in [0.25, 0.3) is 0 Å². The minimum Gasteiger partial charge on any atom is -0.303 e. The van der Waals surface area contributed by atoms with Crippen LogP contribution >= 0.6 is 11.8 Å². The summed E-state index contributed by atoms with van der Waals surface area (Å²) in [4.78, 5) is 2.29. The molecule has 0 radical (unpaired) electrons. The van der Waals surface area contributed by atoms with Crippen LogP contribution in [0.1, 0.15) is 31.2 Å². The van der Waals surface area contributed by atoms with Crippen LogP contribution in [0, 0.1) is 0 Å². The zero-order chi connectivity index (χ0) is 21.1. The summed E-state index contributed by atoms with van der Waals surface area (Å²) in [5.74, 6) is 0.450. The largest absolute Gasteiger partial charge is 0.446 e. The summed E-state index contributed by atoms with van der Waals surface area (Å²) in [5.41, 5.74) is -2.81. The van der Waals surface area contributed by atoms with Crippen molar-refractivity contribution in [3.05, 3.63) is 54.1 Å². The Labute approximate surface area is 173 Å². The monoisotopic (exact) mass is 444 g/mol. The van der Waals surface area contributed by atoms with Crippen LogP contribution in [0.2, 0.25) is 0 Å². The number of hydrogen-bond donors (Lipinski definition) is 1. The highest BCUT2D eigenvalue weighted by Gasteiger charge is 2.29. The molecule has 4 nitrogen and oxygen atoms in total. The molecule has 1 atom stereocenters. The van der Waals surface area contributed by atoms with Gasteiger partial charge in [0.15, 0.2) is 0 Å². The van der Waals surface area contributed by atoms with E-state index in [4.69, 9.17) is 0 Å². The van der Waals surface area contributed by atoms with Crippen molar-refractivity contribution in [1.29, 1.82) is 0 Å². The van der Waals surface area contributed by atoms with Crippen molar-refractivity contribution >= 4 is 27.5 Å². The van der Waals surface area contributed by atoms with Crippen LogP contribution in [0.4, 0.5) is 18.9 Å².